The zero-order chi connectivity index (χ0) is 20.8. The van der Waals surface area contributed by atoms with E-state index in [2.05, 4.69) is 30.7 Å². The lowest BCUT2D eigenvalue weighted by atomic mass is 9.70. The van der Waals surface area contributed by atoms with Gasteiger partial charge in [0.15, 0.2) is 0 Å². The van der Waals surface area contributed by atoms with Crippen LogP contribution in [0.15, 0.2) is 35.2 Å². The summed E-state index contributed by atoms with van der Waals surface area (Å²) >= 11 is 1.73. The Balaban J connectivity index is 1.49. The first-order valence-electron chi connectivity index (χ1n) is 10.5. The Bertz CT molecular complexity index is 862. The topological polar surface area (TPSA) is 72.5 Å². The van der Waals surface area contributed by atoms with Crippen LogP contribution in [0.1, 0.15) is 46.0 Å². The quantitative estimate of drug-likeness (QED) is 0.705. The van der Waals surface area contributed by atoms with Gasteiger partial charge < -0.3 is 4.74 Å². The number of hydrogen-bond donors (Lipinski definition) is 1. The Morgan fingerprint density at radius 3 is 2.41 bits per heavy atom. The van der Waals surface area contributed by atoms with Gasteiger partial charge in [-0.25, -0.2) is 13.1 Å². The lowest BCUT2D eigenvalue weighted by Gasteiger charge is -2.38. The average molecular weight is 438 g/mol. The highest BCUT2D eigenvalue weighted by Crippen LogP contribution is 2.64. The van der Waals surface area contributed by atoms with E-state index < -0.39 is 15.4 Å². The summed E-state index contributed by atoms with van der Waals surface area (Å²) in [5.41, 5.74) is -0.965. The second kappa shape index (κ2) is 7.66. The molecule has 3 fully saturated rings. The molecule has 0 amide bonds. The summed E-state index contributed by atoms with van der Waals surface area (Å²) in [5.74, 6) is 0.384. The van der Waals surface area contributed by atoms with Gasteiger partial charge in [0.1, 0.15) is 5.78 Å². The average Bonchev–Trinajstić information content (AvgIpc) is 3.02. The van der Waals surface area contributed by atoms with Crippen molar-refractivity contribution in [3.63, 3.8) is 0 Å². The van der Waals surface area contributed by atoms with Gasteiger partial charge in [-0.2, -0.15) is 0 Å². The molecule has 4 rings (SSSR count). The fourth-order valence-electron chi connectivity index (χ4n) is 5.52. The van der Waals surface area contributed by atoms with Crippen molar-refractivity contribution in [2.75, 3.05) is 25.5 Å². The summed E-state index contributed by atoms with van der Waals surface area (Å²) < 4.78 is 34.5. The number of sulfonamides is 1. The van der Waals surface area contributed by atoms with Crippen LogP contribution in [-0.4, -0.2) is 44.5 Å². The smallest absolute Gasteiger partial charge is 0.212 e. The predicted octanol–water partition coefficient (Wildman–Crippen LogP) is 3.64. The van der Waals surface area contributed by atoms with E-state index in [4.69, 9.17) is 4.74 Å². The van der Waals surface area contributed by atoms with Crippen molar-refractivity contribution in [3.8, 4) is 0 Å². The van der Waals surface area contributed by atoms with E-state index >= 15 is 0 Å². The molecule has 1 aromatic carbocycles. The van der Waals surface area contributed by atoms with Crippen LogP contribution in [0.25, 0.3) is 0 Å². The highest BCUT2D eigenvalue weighted by Gasteiger charge is 2.65. The van der Waals surface area contributed by atoms with Crippen LogP contribution >= 0.6 is 11.8 Å². The van der Waals surface area contributed by atoms with Crippen molar-refractivity contribution >= 4 is 27.6 Å². The molecule has 1 saturated heterocycles. The Morgan fingerprint density at radius 2 is 1.83 bits per heavy atom. The van der Waals surface area contributed by atoms with Gasteiger partial charge in [-0.3, -0.25) is 4.79 Å². The van der Waals surface area contributed by atoms with Crippen molar-refractivity contribution in [3.05, 3.63) is 30.3 Å². The molecule has 0 radical (unpaired) electrons. The maximum absolute atomic E-state index is 13.1. The number of fused-ring (bicyclic) bond motifs is 2. The van der Waals surface area contributed by atoms with Crippen molar-refractivity contribution in [1.29, 1.82) is 0 Å². The molecule has 1 aromatic rings. The number of carbonyl (C=O) groups excluding carboxylic acids is 1. The fourth-order valence-corrected chi connectivity index (χ4v) is 8.85. The Kier molecular flexibility index (Phi) is 5.64. The number of carbonyl (C=O) groups is 1. The zero-order valence-corrected chi connectivity index (χ0v) is 18.9. The second-order valence-corrected chi connectivity index (χ2v) is 12.8. The number of thioether (sulfide) groups is 1. The maximum atomic E-state index is 13.1. The van der Waals surface area contributed by atoms with Crippen molar-refractivity contribution in [1.82, 2.24) is 4.72 Å². The molecule has 0 spiro atoms. The molecule has 3 aliphatic rings. The van der Waals surface area contributed by atoms with Crippen LogP contribution in [0.5, 0.6) is 0 Å². The monoisotopic (exact) mass is 437 g/mol. The molecule has 1 heterocycles. The minimum absolute atomic E-state index is 0.0785. The molecule has 1 aliphatic heterocycles. The van der Waals surface area contributed by atoms with E-state index in [1.807, 2.05) is 18.2 Å². The van der Waals surface area contributed by atoms with Crippen molar-refractivity contribution < 1.29 is 17.9 Å². The van der Waals surface area contributed by atoms with Crippen LogP contribution in [0.3, 0.4) is 0 Å². The van der Waals surface area contributed by atoms with Crippen LogP contribution < -0.4 is 4.72 Å². The van der Waals surface area contributed by atoms with Crippen LogP contribution in [0.4, 0.5) is 0 Å². The molecule has 160 valence electrons. The largest absolute Gasteiger partial charge is 0.381 e. The third-order valence-electron chi connectivity index (χ3n) is 7.67. The first-order chi connectivity index (χ1) is 13.7. The molecule has 2 bridgehead atoms. The first kappa shape index (κ1) is 21.3. The van der Waals surface area contributed by atoms with E-state index in [0.717, 1.165) is 24.2 Å². The van der Waals surface area contributed by atoms with E-state index in [1.54, 1.807) is 11.8 Å². The van der Waals surface area contributed by atoms with Gasteiger partial charge in [-0.15, -0.1) is 11.8 Å². The number of Topliss-reactive ketones (excluding diaryl/α,β-unsaturated/α-hetero) is 1. The summed E-state index contributed by atoms with van der Waals surface area (Å²) in [6.45, 7) is 5.80. The van der Waals surface area contributed by atoms with Gasteiger partial charge in [0.25, 0.3) is 0 Å². The molecule has 0 aromatic heterocycles. The summed E-state index contributed by atoms with van der Waals surface area (Å²) in [7, 11) is -3.57. The fraction of sp³-hybridized carbons (Fsp3) is 0.682. The molecule has 2 aliphatic carbocycles. The number of ketones is 1. The number of rotatable bonds is 7. The SMILES string of the molecule is CC1(C)C2CCC1(CS(=O)(=O)NCC1(Sc3ccccc3)CCOCC1)C(=O)C2. The maximum Gasteiger partial charge on any atom is 0.212 e. The molecular weight excluding hydrogens is 406 g/mol. The van der Waals surface area contributed by atoms with E-state index in [9.17, 15) is 13.2 Å². The van der Waals surface area contributed by atoms with E-state index in [0.29, 0.717) is 38.5 Å². The Hall–Kier alpha value is -0.890. The molecule has 1 N–H and O–H groups in total. The molecule has 7 heteroatoms. The summed E-state index contributed by atoms with van der Waals surface area (Å²) in [5, 5.41) is 0. The van der Waals surface area contributed by atoms with Gasteiger partial charge >= 0.3 is 0 Å². The molecule has 29 heavy (non-hydrogen) atoms. The van der Waals surface area contributed by atoms with Crippen LogP contribution in [0, 0.1) is 16.7 Å². The lowest BCUT2D eigenvalue weighted by Crippen LogP contribution is -2.49. The molecular formula is C22H31NO4S2. The summed E-state index contributed by atoms with van der Waals surface area (Å²) in [4.78, 5) is 13.9. The van der Waals surface area contributed by atoms with Crippen molar-refractivity contribution in [2.45, 2.75) is 55.6 Å². The third-order valence-corrected chi connectivity index (χ3v) is 10.6. The summed E-state index contributed by atoms with van der Waals surface area (Å²) in [6, 6.07) is 10.1. The third kappa shape index (κ3) is 3.91. The number of ether oxygens (including phenoxy) is 1. The summed E-state index contributed by atoms with van der Waals surface area (Å²) in [6.07, 6.45) is 3.79. The predicted molar refractivity (Wildman–Crippen MR) is 115 cm³/mol. The van der Waals surface area contributed by atoms with E-state index in [-0.39, 0.29) is 21.7 Å². The number of hydrogen-bond acceptors (Lipinski definition) is 5. The Morgan fingerprint density at radius 1 is 1.14 bits per heavy atom. The molecule has 2 unspecified atom stereocenters. The standard InChI is InChI=1S/C22H31NO4S2/c1-20(2)17-8-9-22(20,19(24)14-17)16-29(25,26)23-15-21(10-12-27-13-11-21)28-18-6-4-3-5-7-18/h3-7,17,23H,8-16H2,1-2H3. The normalized spacial score (nSPS) is 30.6. The number of nitrogens with one attached hydrogen (secondary N) is 1. The minimum Gasteiger partial charge on any atom is -0.381 e. The Labute approximate surface area is 178 Å². The van der Waals surface area contributed by atoms with Gasteiger partial charge in [0, 0.05) is 41.2 Å². The molecule has 2 atom stereocenters. The molecule has 2 saturated carbocycles. The highest BCUT2D eigenvalue weighted by molar-refractivity contribution is 8.00. The molecule has 5 nitrogen and oxygen atoms in total. The van der Waals surface area contributed by atoms with Crippen molar-refractivity contribution in [2.24, 2.45) is 16.7 Å². The minimum atomic E-state index is -3.57. The first-order valence-corrected chi connectivity index (χ1v) is 13.0. The highest BCUT2D eigenvalue weighted by atomic mass is 32.2. The lowest BCUT2D eigenvalue weighted by molar-refractivity contribution is -0.128. The number of benzene rings is 1. The zero-order valence-electron chi connectivity index (χ0n) is 17.3. The van der Waals surface area contributed by atoms with Crippen LogP contribution in [-0.2, 0) is 19.6 Å². The second-order valence-electron chi connectivity index (χ2n) is 9.46. The van der Waals surface area contributed by atoms with Gasteiger partial charge in [-0.05, 0) is 49.1 Å². The van der Waals surface area contributed by atoms with E-state index in [1.165, 1.54) is 0 Å². The van der Waals surface area contributed by atoms with Gasteiger partial charge in [-0.1, -0.05) is 32.0 Å². The van der Waals surface area contributed by atoms with Gasteiger partial charge in [0.05, 0.1) is 5.75 Å². The van der Waals surface area contributed by atoms with Crippen LogP contribution in [0.2, 0.25) is 0 Å². The van der Waals surface area contributed by atoms with Gasteiger partial charge in [0.2, 0.25) is 10.0 Å².